The van der Waals surface area contributed by atoms with E-state index in [1.54, 1.807) is 12.1 Å². The molecule has 9 nitrogen and oxygen atoms in total. The van der Waals surface area contributed by atoms with Crippen LogP contribution < -0.4 is 15.0 Å². The zero-order valence-corrected chi connectivity index (χ0v) is 18.2. The molecule has 3 aromatic rings. The molecule has 1 saturated heterocycles. The van der Waals surface area contributed by atoms with E-state index in [0.29, 0.717) is 22.8 Å². The van der Waals surface area contributed by atoms with Crippen LogP contribution in [0.15, 0.2) is 78.4 Å². The number of rotatable bonds is 6. The Balaban J connectivity index is 1.59. The Kier molecular flexibility index (Phi) is 6.37. The van der Waals surface area contributed by atoms with E-state index in [1.807, 2.05) is 30.3 Å². The van der Waals surface area contributed by atoms with Gasteiger partial charge in [0.05, 0.1) is 15.6 Å². The number of imide groups is 2. The number of non-ortho nitro benzene ring substituents is 1. The van der Waals surface area contributed by atoms with Gasteiger partial charge in [0.15, 0.2) is 0 Å². The van der Waals surface area contributed by atoms with E-state index in [1.165, 1.54) is 30.3 Å². The maximum absolute atomic E-state index is 13.0. The summed E-state index contributed by atoms with van der Waals surface area (Å²) in [5.74, 6) is -1.40. The molecule has 10 heteroatoms. The number of nitro benzene ring substituents is 1. The first kappa shape index (κ1) is 22.7. The molecule has 0 aromatic heterocycles. The van der Waals surface area contributed by atoms with Crippen LogP contribution in [0.4, 0.5) is 16.2 Å². The van der Waals surface area contributed by atoms with Gasteiger partial charge in [-0.1, -0.05) is 54.1 Å². The molecule has 4 rings (SSSR count). The monoisotopic (exact) mass is 477 g/mol. The third-order valence-corrected chi connectivity index (χ3v) is 5.20. The number of ether oxygens (including phenoxy) is 1. The van der Waals surface area contributed by atoms with Gasteiger partial charge in [-0.05, 0) is 35.4 Å². The normalized spacial score (nSPS) is 14.8. The average Bonchev–Trinajstić information content (AvgIpc) is 2.82. The summed E-state index contributed by atoms with van der Waals surface area (Å²) >= 11 is 6.31. The largest absolute Gasteiger partial charge is 0.487 e. The highest BCUT2D eigenvalue weighted by atomic mass is 35.5. The van der Waals surface area contributed by atoms with Crippen molar-refractivity contribution in [3.8, 4) is 5.75 Å². The van der Waals surface area contributed by atoms with Crippen molar-refractivity contribution >= 4 is 46.9 Å². The molecule has 0 aliphatic carbocycles. The number of halogens is 1. The van der Waals surface area contributed by atoms with Crippen molar-refractivity contribution in [3.05, 3.63) is 105 Å². The Labute approximate surface area is 198 Å². The fourth-order valence-electron chi connectivity index (χ4n) is 3.26. The van der Waals surface area contributed by atoms with Crippen molar-refractivity contribution in [1.29, 1.82) is 0 Å². The van der Waals surface area contributed by atoms with E-state index in [9.17, 15) is 24.5 Å². The van der Waals surface area contributed by atoms with Gasteiger partial charge in [-0.15, -0.1) is 0 Å². The van der Waals surface area contributed by atoms with Crippen molar-refractivity contribution in [2.24, 2.45) is 0 Å². The van der Waals surface area contributed by atoms with E-state index in [0.717, 1.165) is 11.6 Å². The minimum absolute atomic E-state index is 0.0437. The van der Waals surface area contributed by atoms with E-state index in [2.05, 4.69) is 5.32 Å². The molecule has 0 saturated carbocycles. The minimum atomic E-state index is -1.00. The van der Waals surface area contributed by atoms with Crippen LogP contribution in [0.1, 0.15) is 11.1 Å². The number of hydrogen-bond acceptors (Lipinski definition) is 6. The standard InChI is InChI=1S/C24H16ClN3O6/c25-20-12-16(9-10-21(20)34-14-15-5-2-1-3-6-15)11-19-22(29)26-24(31)27(23(19)30)17-7-4-8-18(13-17)28(32)33/h1-13H,14H2,(H,26,29,31)/b19-11+. The first-order valence-electron chi connectivity index (χ1n) is 9.95. The summed E-state index contributed by atoms with van der Waals surface area (Å²) in [5, 5.41) is 13.4. The molecule has 34 heavy (non-hydrogen) atoms. The highest BCUT2D eigenvalue weighted by Gasteiger charge is 2.37. The predicted octanol–water partition coefficient (Wildman–Crippen LogP) is 4.49. The Morgan fingerprint density at radius 2 is 1.76 bits per heavy atom. The second kappa shape index (κ2) is 9.55. The Hall–Kier alpha value is -4.50. The molecular weight excluding hydrogens is 462 g/mol. The summed E-state index contributed by atoms with van der Waals surface area (Å²) in [4.78, 5) is 48.8. The summed E-state index contributed by atoms with van der Waals surface area (Å²) in [7, 11) is 0. The molecule has 0 bridgehead atoms. The number of nitrogens with zero attached hydrogens (tertiary/aromatic N) is 2. The molecule has 170 valence electrons. The first-order chi connectivity index (χ1) is 16.3. The molecule has 4 amide bonds. The van der Waals surface area contributed by atoms with Crippen LogP contribution >= 0.6 is 11.6 Å². The number of barbiturate groups is 1. The van der Waals surface area contributed by atoms with Gasteiger partial charge in [0, 0.05) is 12.1 Å². The summed E-state index contributed by atoms with van der Waals surface area (Å²) in [6, 6.07) is 18.2. The second-order valence-electron chi connectivity index (χ2n) is 7.20. The van der Waals surface area contributed by atoms with Crippen LogP contribution in [0.5, 0.6) is 5.75 Å². The summed E-state index contributed by atoms with van der Waals surface area (Å²) in [6.07, 6.45) is 1.28. The smallest absolute Gasteiger partial charge is 0.335 e. The summed E-state index contributed by atoms with van der Waals surface area (Å²) in [6.45, 7) is 0.308. The van der Waals surface area contributed by atoms with Crippen molar-refractivity contribution in [3.63, 3.8) is 0 Å². The molecule has 1 heterocycles. The molecule has 3 aromatic carbocycles. The number of carbonyl (C=O) groups is 3. The number of amides is 4. The van der Waals surface area contributed by atoms with Gasteiger partial charge in [0.1, 0.15) is 17.9 Å². The first-order valence-corrected chi connectivity index (χ1v) is 10.3. The van der Waals surface area contributed by atoms with Crippen LogP contribution in [0.25, 0.3) is 6.08 Å². The molecular formula is C24H16ClN3O6. The molecule has 0 spiro atoms. The van der Waals surface area contributed by atoms with Gasteiger partial charge >= 0.3 is 6.03 Å². The molecule has 0 radical (unpaired) electrons. The van der Waals surface area contributed by atoms with Crippen molar-refractivity contribution in [1.82, 2.24) is 5.32 Å². The maximum Gasteiger partial charge on any atom is 0.335 e. The van der Waals surface area contributed by atoms with E-state index >= 15 is 0 Å². The van der Waals surface area contributed by atoms with Gasteiger partial charge in [0.25, 0.3) is 17.5 Å². The van der Waals surface area contributed by atoms with Crippen molar-refractivity contribution in [2.45, 2.75) is 6.61 Å². The van der Waals surface area contributed by atoms with Crippen LogP contribution in [0.2, 0.25) is 5.02 Å². The molecule has 1 fully saturated rings. The Bertz CT molecular complexity index is 1340. The number of anilines is 1. The summed E-state index contributed by atoms with van der Waals surface area (Å²) < 4.78 is 5.72. The van der Waals surface area contributed by atoms with Gasteiger partial charge in [-0.3, -0.25) is 25.0 Å². The number of carbonyl (C=O) groups excluding carboxylic acids is 3. The second-order valence-corrected chi connectivity index (χ2v) is 7.61. The van der Waals surface area contributed by atoms with E-state index in [4.69, 9.17) is 16.3 Å². The number of nitrogens with one attached hydrogen (secondary N) is 1. The fraction of sp³-hybridized carbons (Fsp3) is 0.0417. The lowest BCUT2D eigenvalue weighted by molar-refractivity contribution is -0.384. The Morgan fingerprint density at radius 1 is 1.00 bits per heavy atom. The van der Waals surface area contributed by atoms with Crippen molar-refractivity contribution < 1.29 is 24.0 Å². The number of urea groups is 1. The van der Waals surface area contributed by atoms with Gasteiger partial charge in [-0.25, -0.2) is 9.69 Å². The SMILES string of the molecule is O=C1NC(=O)N(c2cccc([N+](=O)[O-])c2)C(=O)/C1=C/c1ccc(OCc2ccccc2)c(Cl)c1. The molecule has 0 unspecified atom stereocenters. The quantitative estimate of drug-likeness (QED) is 0.242. The highest BCUT2D eigenvalue weighted by molar-refractivity contribution is 6.39. The number of nitro groups is 1. The average molecular weight is 478 g/mol. The van der Waals surface area contributed by atoms with Crippen LogP contribution in [0, 0.1) is 10.1 Å². The third kappa shape index (κ3) is 4.79. The summed E-state index contributed by atoms with van der Waals surface area (Å²) in [5.41, 5.74) is 0.695. The van der Waals surface area contributed by atoms with Gasteiger partial charge in [-0.2, -0.15) is 0 Å². The maximum atomic E-state index is 13.0. The number of benzene rings is 3. The van der Waals surface area contributed by atoms with E-state index < -0.39 is 22.8 Å². The number of hydrogen-bond donors (Lipinski definition) is 1. The third-order valence-electron chi connectivity index (χ3n) is 4.90. The van der Waals surface area contributed by atoms with E-state index in [-0.39, 0.29) is 22.0 Å². The zero-order valence-electron chi connectivity index (χ0n) is 17.4. The van der Waals surface area contributed by atoms with Gasteiger partial charge in [0.2, 0.25) is 0 Å². The van der Waals surface area contributed by atoms with Gasteiger partial charge < -0.3 is 4.74 Å². The molecule has 1 aliphatic heterocycles. The van der Waals surface area contributed by atoms with Crippen LogP contribution in [-0.2, 0) is 16.2 Å². The zero-order chi connectivity index (χ0) is 24.2. The fourth-order valence-corrected chi connectivity index (χ4v) is 3.51. The lowest BCUT2D eigenvalue weighted by atomic mass is 10.1. The highest BCUT2D eigenvalue weighted by Crippen LogP contribution is 2.29. The van der Waals surface area contributed by atoms with Crippen LogP contribution in [0.3, 0.4) is 0 Å². The van der Waals surface area contributed by atoms with Crippen LogP contribution in [-0.4, -0.2) is 22.8 Å². The lowest BCUT2D eigenvalue weighted by Crippen LogP contribution is -2.54. The molecule has 1 aliphatic rings. The van der Waals surface area contributed by atoms with Crippen molar-refractivity contribution in [2.75, 3.05) is 4.90 Å². The molecule has 1 N–H and O–H groups in total. The predicted molar refractivity (Wildman–Crippen MR) is 124 cm³/mol. The Morgan fingerprint density at radius 3 is 2.47 bits per heavy atom. The molecule has 0 atom stereocenters. The lowest BCUT2D eigenvalue weighted by Gasteiger charge is -2.26. The topological polar surface area (TPSA) is 119 Å². The minimum Gasteiger partial charge on any atom is -0.487 e.